The van der Waals surface area contributed by atoms with Gasteiger partial charge in [-0.05, 0) is 23.8 Å². The highest BCUT2D eigenvalue weighted by Crippen LogP contribution is 2.28. The van der Waals surface area contributed by atoms with Gasteiger partial charge in [0.2, 0.25) is 0 Å². The summed E-state index contributed by atoms with van der Waals surface area (Å²) in [5, 5.41) is 0.424. The number of rotatable bonds is 4. The van der Waals surface area contributed by atoms with Crippen LogP contribution >= 0.6 is 11.6 Å². The van der Waals surface area contributed by atoms with Crippen molar-refractivity contribution in [1.82, 2.24) is 4.90 Å². The van der Waals surface area contributed by atoms with Crippen molar-refractivity contribution in [1.29, 1.82) is 0 Å². The smallest absolute Gasteiger partial charge is 0.124 e. The number of nitrogens with two attached hydrogens (primary N) is 1. The standard InChI is InChI=1S/C13H18ClFN2O/c1-18-3-2-17-7-12(13(16)8-17)9-4-10(14)6-11(15)5-9/h4-6,12-13H,2-3,7-8,16H2,1H3. The summed E-state index contributed by atoms with van der Waals surface area (Å²) in [6.45, 7) is 3.17. The van der Waals surface area contributed by atoms with Crippen LogP contribution in [-0.4, -0.2) is 44.3 Å². The number of benzene rings is 1. The number of likely N-dealkylation sites (tertiary alicyclic amines) is 1. The van der Waals surface area contributed by atoms with Crippen LogP contribution in [0.2, 0.25) is 5.02 Å². The van der Waals surface area contributed by atoms with Gasteiger partial charge < -0.3 is 10.5 Å². The summed E-state index contributed by atoms with van der Waals surface area (Å²) in [6.07, 6.45) is 0. The van der Waals surface area contributed by atoms with Gasteiger partial charge in [-0.3, -0.25) is 4.90 Å². The second kappa shape index (κ2) is 5.97. The van der Waals surface area contributed by atoms with Crippen molar-refractivity contribution in [3.63, 3.8) is 0 Å². The Bertz CT molecular complexity index is 396. The van der Waals surface area contributed by atoms with Crippen molar-refractivity contribution < 1.29 is 9.13 Å². The van der Waals surface area contributed by atoms with Crippen LogP contribution in [-0.2, 0) is 4.74 Å². The highest BCUT2D eigenvalue weighted by Gasteiger charge is 2.31. The van der Waals surface area contributed by atoms with Crippen molar-refractivity contribution in [3.8, 4) is 0 Å². The highest BCUT2D eigenvalue weighted by atomic mass is 35.5. The Hall–Kier alpha value is -0.680. The quantitative estimate of drug-likeness (QED) is 0.909. The SMILES string of the molecule is COCCN1CC(N)C(c2cc(F)cc(Cl)c2)C1. The van der Waals surface area contributed by atoms with E-state index in [1.807, 2.05) is 0 Å². The van der Waals surface area contributed by atoms with Crippen LogP contribution in [0.1, 0.15) is 11.5 Å². The van der Waals surface area contributed by atoms with E-state index in [2.05, 4.69) is 4.90 Å². The summed E-state index contributed by atoms with van der Waals surface area (Å²) in [7, 11) is 1.68. The van der Waals surface area contributed by atoms with Gasteiger partial charge in [-0.1, -0.05) is 11.6 Å². The number of methoxy groups -OCH3 is 1. The van der Waals surface area contributed by atoms with Gasteiger partial charge in [0.15, 0.2) is 0 Å². The zero-order chi connectivity index (χ0) is 13.1. The summed E-state index contributed by atoms with van der Waals surface area (Å²) < 4.78 is 18.4. The lowest BCUT2D eigenvalue weighted by atomic mass is 9.95. The molecule has 5 heteroatoms. The zero-order valence-corrected chi connectivity index (χ0v) is 11.2. The Morgan fingerprint density at radius 3 is 2.89 bits per heavy atom. The molecule has 1 heterocycles. The molecule has 0 amide bonds. The lowest BCUT2D eigenvalue weighted by Gasteiger charge is -2.16. The molecule has 2 unspecified atom stereocenters. The molecule has 1 saturated heterocycles. The molecule has 18 heavy (non-hydrogen) atoms. The van der Waals surface area contributed by atoms with Gasteiger partial charge in [0.25, 0.3) is 0 Å². The van der Waals surface area contributed by atoms with E-state index in [9.17, 15) is 4.39 Å². The summed E-state index contributed by atoms with van der Waals surface area (Å²) in [4.78, 5) is 2.23. The predicted octanol–water partition coefficient (Wildman–Crippen LogP) is 1.85. The van der Waals surface area contributed by atoms with Gasteiger partial charge in [-0.25, -0.2) is 4.39 Å². The van der Waals surface area contributed by atoms with Gasteiger partial charge in [0.1, 0.15) is 5.82 Å². The Labute approximate surface area is 112 Å². The van der Waals surface area contributed by atoms with Crippen LogP contribution in [0.4, 0.5) is 4.39 Å². The minimum absolute atomic E-state index is 0.0136. The molecule has 1 aromatic rings. The van der Waals surface area contributed by atoms with Crippen molar-refractivity contribution in [2.24, 2.45) is 5.73 Å². The number of hydrogen-bond donors (Lipinski definition) is 1. The Balaban J connectivity index is 2.08. The molecule has 0 aliphatic carbocycles. The van der Waals surface area contributed by atoms with E-state index < -0.39 is 0 Å². The topological polar surface area (TPSA) is 38.5 Å². The van der Waals surface area contributed by atoms with Gasteiger partial charge >= 0.3 is 0 Å². The summed E-state index contributed by atoms with van der Waals surface area (Å²) in [6, 6.07) is 4.65. The molecule has 2 atom stereocenters. The second-order valence-corrected chi connectivity index (χ2v) is 5.16. The largest absolute Gasteiger partial charge is 0.383 e. The highest BCUT2D eigenvalue weighted by molar-refractivity contribution is 6.30. The molecule has 0 bridgehead atoms. The molecule has 0 radical (unpaired) electrons. The first kappa shape index (κ1) is 13.7. The molecule has 1 aliphatic rings. The summed E-state index contributed by atoms with van der Waals surface area (Å²) in [5.41, 5.74) is 7.01. The lowest BCUT2D eigenvalue weighted by Crippen LogP contribution is -2.30. The number of nitrogens with zero attached hydrogens (tertiary/aromatic N) is 1. The Morgan fingerprint density at radius 2 is 2.22 bits per heavy atom. The van der Waals surface area contributed by atoms with Gasteiger partial charge in [-0.15, -0.1) is 0 Å². The average molecular weight is 273 g/mol. The minimum Gasteiger partial charge on any atom is -0.383 e. The van der Waals surface area contributed by atoms with Crippen LogP contribution in [0.5, 0.6) is 0 Å². The summed E-state index contributed by atoms with van der Waals surface area (Å²) >= 11 is 5.88. The van der Waals surface area contributed by atoms with E-state index in [0.29, 0.717) is 11.6 Å². The Morgan fingerprint density at radius 1 is 1.44 bits per heavy atom. The summed E-state index contributed by atoms with van der Waals surface area (Å²) in [5.74, 6) is -0.171. The van der Waals surface area contributed by atoms with Gasteiger partial charge in [-0.2, -0.15) is 0 Å². The third kappa shape index (κ3) is 3.20. The minimum atomic E-state index is -0.306. The van der Waals surface area contributed by atoms with Crippen molar-refractivity contribution >= 4 is 11.6 Å². The lowest BCUT2D eigenvalue weighted by molar-refractivity contribution is 0.160. The molecule has 1 aromatic carbocycles. The number of halogens is 2. The maximum Gasteiger partial charge on any atom is 0.124 e. The first-order valence-electron chi connectivity index (χ1n) is 6.03. The van der Waals surface area contributed by atoms with E-state index in [-0.39, 0.29) is 17.8 Å². The van der Waals surface area contributed by atoms with Crippen molar-refractivity contribution in [3.05, 3.63) is 34.6 Å². The third-order valence-corrected chi connectivity index (χ3v) is 3.58. The molecule has 3 nitrogen and oxygen atoms in total. The molecule has 1 fully saturated rings. The maximum absolute atomic E-state index is 13.3. The van der Waals surface area contributed by atoms with E-state index in [4.69, 9.17) is 22.1 Å². The van der Waals surface area contributed by atoms with E-state index >= 15 is 0 Å². The first-order valence-corrected chi connectivity index (χ1v) is 6.41. The van der Waals surface area contributed by atoms with Gasteiger partial charge in [0.05, 0.1) is 6.61 Å². The molecule has 0 spiro atoms. The molecule has 0 aromatic heterocycles. The van der Waals surface area contributed by atoms with E-state index in [0.717, 1.165) is 25.2 Å². The van der Waals surface area contributed by atoms with E-state index in [1.54, 1.807) is 13.2 Å². The molecule has 100 valence electrons. The maximum atomic E-state index is 13.3. The third-order valence-electron chi connectivity index (χ3n) is 3.37. The molecule has 1 aliphatic heterocycles. The molecule has 2 rings (SSSR count). The molecular weight excluding hydrogens is 255 g/mol. The fourth-order valence-corrected chi connectivity index (χ4v) is 2.69. The van der Waals surface area contributed by atoms with Crippen molar-refractivity contribution in [2.45, 2.75) is 12.0 Å². The van der Waals surface area contributed by atoms with Crippen LogP contribution < -0.4 is 5.73 Å². The predicted molar refractivity (Wildman–Crippen MR) is 70.4 cm³/mol. The Kier molecular flexibility index (Phi) is 4.56. The fourth-order valence-electron chi connectivity index (χ4n) is 2.46. The fraction of sp³-hybridized carbons (Fsp3) is 0.538. The molecule has 0 saturated carbocycles. The van der Waals surface area contributed by atoms with Crippen LogP contribution in [0, 0.1) is 5.82 Å². The van der Waals surface area contributed by atoms with E-state index in [1.165, 1.54) is 12.1 Å². The normalized spacial score (nSPS) is 24.7. The van der Waals surface area contributed by atoms with Crippen LogP contribution in [0.3, 0.4) is 0 Å². The van der Waals surface area contributed by atoms with Gasteiger partial charge in [0, 0.05) is 43.7 Å². The number of hydrogen-bond acceptors (Lipinski definition) is 3. The monoisotopic (exact) mass is 272 g/mol. The molecule has 2 N–H and O–H groups in total. The van der Waals surface area contributed by atoms with Crippen LogP contribution in [0.15, 0.2) is 18.2 Å². The van der Waals surface area contributed by atoms with Crippen LogP contribution in [0.25, 0.3) is 0 Å². The first-order chi connectivity index (χ1) is 8.60. The van der Waals surface area contributed by atoms with Crippen molar-refractivity contribution in [2.75, 3.05) is 33.4 Å². The average Bonchev–Trinajstić information content (AvgIpc) is 2.66. The second-order valence-electron chi connectivity index (χ2n) is 4.73. The number of ether oxygens (including phenoxy) is 1. The molecular formula is C13H18ClFN2O. The zero-order valence-electron chi connectivity index (χ0n) is 10.4.